The lowest BCUT2D eigenvalue weighted by atomic mass is 10.1. The standard InChI is InChI=1S/C15H17FN2O4S/c16-12-4-2-1-3-11(12)10-23(20,21)18-6-5-15-13(18)9-14(19)17(15)7-8-22-15/h1-4,13H,5-10H2/t13-,15+/m1/s1. The average Bonchev–Trinajstić information content (AvgIpc) is 3.13. The SMILES string of the molecule is O=C1C[C@H]2N(S(=O)(=O)Cc3ccccc3F)CC[C@]23OCCN13. The van der Waals surface area contributed by atoms with Gasteiger partial charge in [-0.1, -0.05) is 18.2 Å². The van der Waals surface area contributed by atoms with E-state index in [0.29, 0.717) is 26.1 Å². The zero-order chi connectivity index (χ0) is 16.2. The Bertz CT molecular complexity index is 768. The first-order valence-electron chi connectivity index (χ1n) is 7.61. The molecular weight excluding hydrogens is 323 g/mol. The molecular formula is C15H17FN2O4S. The molecule has 3 aliphatic rings. The Morgan fingerprint density at radius 3 is 2.87 bits per heavy atom. The maximum absolute atomic E-state index is 13.8. The van der Waals surface area contributed by atoms with E-state index in [1.807, 2.05) is 0 Å². The second kappa shape index (κ2) is 4.99. The van der Waals surface area contributed by atoms with Crippen molar-refractivity contribution in [3.63, 3.8) is 0 Å². The summed E-state index contributed by atoms with van der Waals surface area (Å²) in [5.41, 5.74) is -0.665. The summed E-state index contributed by atoms with van der Waals surface area (Å²) in [4.78, 5) is 13.8. The fourth-order valence-electron chi connectivity index (χ4n) is 3.98. The van der Waals surface area contributed by atoms with Crippen LogP contribution in [0.2, 0.25) is 0 Å². The van der Waals surface area contributed by atoms with E-state index in [1.54, 1.807) is 11.0 Å². The topological polar surface area (TPSA) is 66.9 Å². The Morgan fingerprint density at radius 1 is 1.30 bits per heavy atom. The number of ether oxygens (including phenoxy) is 1. The van der Waals surface area contributed by atoms with E-state index in [0.717, 1.165) is 0 Å². The van der Waals surface area contributed by atoms with E-state index in [-0.39, 0.29) is 17.9 Å². The van der Waals surface area contributed by atoms with E-state index in [9.17, 15) is 17.6 Å². The van der Waals surface area contributed by atoms with Crippen molar-refractivity contribution in [2.75, 3.05) is 19.7 Å². The number of nitrogens with zero attached hydrogens (tertiary/aromatic N) is 2. The summed E-state index contributed by atoms with van der Waals surface area (Å²) in [6.07, 6.45) is 0.608. The van der Waals surface area contributed by atoms with Crippen LogP contribution in [-0.4, -0.2) is 55.0 Å². The smallest absolute Gasteiger partial charge is 0.226 e. The monoisotopic (exact) mass is 340 g/mol. The van der Waals surface area contributed by atoms with E-state index in [2.05, 4.69) is 0 Å². The van der Waals surface area contributed by atoms with Gasteiger partial charge in [-0.2, -0.15) is 4.31 Å². The number of hydrogen-bond donors (Lipinski definition) is 0. The van der Waals surface area contributed by atoms with Crippen molar-refractivity contribution >= 4 is 15.9 Å². The number of hydrogen-bond acceptors (Lipinski definition) is 4. The van der Waals surface area contributed by atoms with Crippen molar-refractivity contribution in [1.29, 1.82) is 0 Å². The van der Waals surface area contributed by atoms with Crippen molar-refractivity contribution < 1.29 is 22.3 Å². The van der Waals surface area contributed by atoms with Gasteiger partial charge in [-0.3, -0.25) is 4.79 Å². The first-order valence-corrected chi connectivity index (χ1v) is 9.22. The molecule has 3 saturated heterocycles. The number of carbonyl (C=O) groups excluding carboxylic acids is 1. The summed E-state index contributed by atoms with van der Waals surface area (Å²) in [7, 11) is -3.72. The molecule has 0 saturated carbocycles. The third kappa shape index (κ3) is 2.12. The Labute approximate surface area is 133 Å². The second-order valence-electron chi connectivity index (χ2n) is 6.17. The van der Waals surface area contributed by atoms with Crippen molar-refractivity contribution in [2.24, 2.45) is 0 Å². The van der Waals surface area contributed by atoms with Crippen LogP contribution in [0, 0.1) is 5.82 Å². The Hall–Kier alpha value is -1.51. The van der Waals surface area contributed by atoms with Crippen LogP contribution in [0.25, 0.3) is 0 Å². The van der Waals surface area contributed by atoms with Gasteiger partial charge in [-0.25, -0.2) is 12.8 Å². The number of benzene rings is 1. The molecule has 4 rings (SSSR count). The van der Waals surface area contributed by atoms with E-state index in [4.69, 9.17) is 4.74 Å². The molecule has 0 unspecified atom stereocenters. The molecule has 8 heteroatoms. The minimum absolute atomic E-state index is 0.0710. The third-order valence-corrected chi connectivity index (χ3v) is 6.83. The molecule has 3 fully saturated rings. The molecule has 0 aliphatic carbocycles. The van der Waals surface area contributed by atoms with Crippen molar-refractivity contribution in [3.8, 4) is 0 Å². The van der Waals surface area contributed by atoms with Crippen LogP contribution in [0.5, 0.6) is 0 Å². The first kappa shape index (κ1) is 15.0. The maximum Gasteiger partial charge on any atom is 0.226 e. The number of amides is 1. The van der Waals surface area contributed by atoms with Crippen LogP contribution >= 0.6 is 0 Å². The zero-order valence-corrected chi connectivity index (χ0v) is 13.3. The number of sulfonamides is 1. The summed E-state index contributed by atoms with van der Waals surface area (Å²) in [6.45, 7) is 1.24. The quantitative estimate of drug-likeness (QED) is 0.812. The van der Waals surface area contributed by atoms with Crippen molar-refractivity contribution in [2.45, 2.75) is 30.4 Å². The summed E-state index contributed by atoms with van der Waals surface area (Å²) in [5, 5.41) is 0. The fourth-order valence-corrected chi connectivity index (χ4v) is 5.77. The summed E-state index contributed by atoms with van der Waals surface area (Å²) in [6, 6.07) is 5.35. The van der Waals surface area contributed by atoms with Gasteiger partial charge in [0.05, 0.1) is 18.4 Å². The second-order valence-corrected chi connectivity index (χ2v) is 8.09. The molecule has 6 nitrogen and oxygen atoms in total. The van der Waals surface area contributed by atoms with Crippen LogP contribution in [0.3, 0.4) is 0 Å². The predicted molar refractivity (Wildman–Crippen MR) is 79.1 cm³/mol. The molecule has 3 heterocycles. The molecule has 124 valence electrons. The Kier molecular flexibility index (Phi) is 3.26. The summed E-state index contributed by atoms with van der Waals surface area (Å²) < 4.78 is 46.4. The van der Waals surface area contributed by atoms with Gasteiger partial charge < -0.3 is 9.64 Å². The molecule has 0 aromatic heterocycles. The maximum atomic E-state index is 13.8. The highest BCUT2D eigenvalue weighted by molar-refractivity contribution is 7.88. The number of halogens is 1. The Morgan fingerprint density at radius 2 is 2.09 bits per heavy atom. The van der Waals surface area contributed by atoms with Gasteiger partial charge in [0.15, 0.2) is 5.72 Å². The summed E-state index contributed by atoms with van der Waals surface area (Å²) in [5.74, 6) is -1.01. The average molecular weight is 340 g/mol. The molecule has 23 heavy (non-hydrogen) atoms. The first-order chi connectivity index (χ1) is 10.9. The number of rotatable bonds is 3. The van der Waals surface area contributed by atoms with Crippen molar-refractivity contribution in [3.05, 3.63) is 35.6 Å². The lowest BCUT2D eigenvalue weighted by molar-refractivity contribution is -0.136. The van der Waals surface area contributed by atoms with Gasteiger partial charge in [-0.15, -0.1) is 0 Å². The van der Waals surface area contributed by atoms with Gasteiger partial charge in [0.1, 0.15) is 5.82 Å². The van der Waals surface area contributed by atoms with Crippen LogP contribution in [-0.2, 0) is 25.3 Å². The van der Waals surface area contributed by atoms with Crippen LogP contribution < -0.4 is 0 Å². The molecule has 1 aromatic rings. The highest BCUT2D eigenvalue weighted by Gasteiger charge is 2.64. The molecule has 1 aromatic carbocycles. The van der Waals surface area contributed by atoms with Gasteiger partial charge in [-0.05, 0) is 6.07 Å². The minimum Gasteiger partial charge on any atom is -0.352 e. The molecule has 3 aliphatic heterocycles. The highest BCUT2D eigenvalue weighted by Crippen LogP contribution is 2.46. The van der Waals surface area contributed by atoms with Gasteiger partial charge in [0, 0.05) is 31.5 Å². The lowest BCUT2D eigenvalue weighted by Crippen LogP contribution is -2.48. The zero-order valence-electron chi connectivity index (χ0n) is 12.4. The van der Waals surface area contributed by atoms with Crippen LogP contribution in [0.15, 0.2) is 24.3 Å². The van der Waals surface area contributed by atoms with Gasteiger partial charge >= 0.3 is 0 Å². The van der Waals surface area contributed by atoms with Gasteiger partial charge in [0.25, 0.3) is 0 Å². The normalized spacial score (nSPS) is 30.7. The molecule has 2 atom stereocenters. The largest absolute Gasteiger partial charge is 0.352 e. The minimum atomic E-state index is -3.72. The Balaban J connectivity index is 1.64. The van der Waals surface area contributed by atoms with Gasteiger partial charge in [0.2, 0.25) is 15.9 Å². The number of carbonyl (C=O) groups is 1. The molecule has 0 radical (unpaired) electrons. The van der Waals surface area contributed by atoms with E-state index in [1.165, 1.54) is 22.5 Å². The highest BCUT2D eigenvalue weighted by atomic mass is 32.2. The molecule has 0 bridgehead atoms. The lowest BCUT2D eigenvalue weighted by Gasteiger charge is -2.31. The van der Waals surface area contributed by atoms with Crippen molar-refractivity contribution in [1.82, 2.24) is 9.21 Å². The van der Waals surface area contributed by atoms with Crippen LogP contribution in [0.4, 0.5) is 4.39 Å². The molecule has 1 amide bonds. The molecule has 1 spiro atoms. The van der Waals surface area contributed by atoms with Crippen LogP contribution in [0.1, 0.15) is 18.4 Å². The predicted octanol–water partition coefficient (Wildman–Crippen LogP) is 0.689. The fraction of sp³-hybridized carbons (Fsp3) is 0.533. The van der Waals surface area contributed by atoms with E-state index < -0.39 is 33.4 Å². The van der Waals surface area contributed by atoms with E-state index >= 15 is 0 Å². The third-order valence-electron chi connectivity index (χ3n) is 5.00. The summed E-state index contributed by atoms with van der Waals surface area (Å²) >= 11 is 0. The molecule has 0 N–H and O–H groups in total.